The standard InChI is InChI=1S/C18H18N2O3S2/c1-4-23-15(21)10-20-13-9-11(2)8-12(3)16(13)25-18(20)19-17(22)14-6-5-7-24-14/h5-9H,4,10H2,1-3H3. The third kappa shape index (κ3) is 3.72. The van der Waals surface area contributed by atoms with Crippen LogP contribution >= 0.6 is 22.7 Å². The normalized spacial score (nSPS) is 11.9. The minimum Gasteiger partial charge on any atom is -0.465 e. The minimum atomic E-state index is -0.341. The predicted octanol–water partition coefficient (Wildman–Crippen LogP) is 3.69. The first kappa shape index (κ1) is 17.6. The average molecular weight is 374 g/mol. The van der Waals surface area contributed by atoms with Gasteiger partial charge in [-0.1, -0.05) is 23.5 Å². The number of hydrogen-bond acceptors (Lipinski definition) is 5. The number of carbonyl (C=O) groups excluding carboxylic acids is 2. The Morgan fingerprint density at radius 3 is 2.76 bits per heavy atom. The Hall–Kier alpha value is -2.25. The summed E-state index contributed by atoms with van der Waals surface area (Å²) in [4.78, 5) is 29.8. The van der Waals surface area contributed by atoms with Crippen LogP contribution < -0.4 is 4.80 Å². The molecule has 0 saturated carbocycles. The summed E-state index contributed by atoms with van der Waals surface area (Å²) in [6, 6.07) is 7.65. The number of amides is 1. The van der Waals surface area contributed by atoms with Gasteiger partial charge in [0.15, 0.2) is 4.80 Å². The van der Waals surface area contributed by atoms with Crippen molar-refractivity contribution < 1.29 is 14.3 Å². The molecule has 5 nitrogen and oxygen atoms in total. The van der Waals surface area contributed by atoms with Crippen LogP contribution in [0, 0.1) is 13.8 Å². The number of ether oxygens (including phenoxy) is 1. The molecule has 0 fully saturated rings. The highest BCUT2D eigenvalue weighted by Crippen LogP contribution is 2.23. The van der Waals surface area contributed by atoms with E-state index in [-0.39, 0.29) is 18.4 Å². The second-order valence-corrected chi connectivity index (χ2v) is 7.53. The van der Waals surface area contributed by atoms with Crippen molar-refractivity contribution in [3.8, 4) is 0 Å². The molecule has 1 amide bonds. The maximum absolute atomic E-state index is 12.4. The summed E-state index contributed by atoms with van der Waals surface area (Å²) in [6.45, 7) is 6.15. The fourth-order valence-corrected chi connectivity index (χ4v) is 4.31. The summed E-state index contributed by atoms with van der Waals surface area (Å²) in [5.74, 6) is -0.639. The predicted molar refractivity (Wildman–Crippen MR) is 100 cm³/mol. The Morgan fingerprint density at radius 2 is 2.08 bits per heavy atom. The maximum Gasteiger partial charge on any atom is 0.326 e. The number of aryl methyl sites for hydroxylation is 2. The highest BCUT2D eigenvalue weighted by atomic mass is 32.1. The highest BCUT2D eigenvalue weighted by Gasteiger charge is 2.14. The average Bonchev–Trinajstić information content (AvgIpc) is 3.18. The van der Waals surface area contributed by atoms with Crippen LogP contribution in [0.15, 0.2) is 34.6 Å². The van der Waals surface area contributed by atoms with Gasteiger partial charge < -0.3 is 9.30 Å². The van der Waals surface area contributed by atoms with E-state index in [9.17, 15) is 9.59 Å². The molecular weight excluding hydrogens is 356 g/mol. The molecule has 0 N–H and O–H groups in total. The molecule has 0 unspecified atom stereocenters. The van der Waals surface area contributed by atoms with Crippen molar-refractivity contribution in [1.82, 2.24) is 4.57 Å². The summed E-state index contributed by atoms with van der Waals surface area (Å²) >= 11 is 2.77. The van der Waals surface area contributed by atoms with E-state index in [4.69, 9.17) is 4.74 Å². The molecule has 0 saturated heterocycles. The van der Waals surface area contributed by atoms with Gasteiger partial charge in [-0.2, -0.15) is 4.99 Å². The number of hydrogen-bond donors (Lipinski definition) is 0. The molecule has 25 heavy (non-hydrogen) atoms. The summed E-state index contributed by atoms with van der Waals surface area (Å²) in [6.07, 6.45) is 0. The monoisotopic (exact) mass is 374 g/mol. The van der Waals surface area contributed by atoms with E-state index in [2.05, 4.69) is 11.1 Å². The lowest BCUT2D eigenvalue weighted by molar-refractivity contribution is -0.143. The van der Waals surface area contributed by atoms with Crippen molar-refractivity contribution in [3.05, 3.63) is 50.5 Å². The van der Waals surface area contributed by atoms with E-state index < -0.39 is 0 Å². The zero-order chi connectivity index (χ0) is 18.0. The van der Waals surface area contributed by atoms with Gasteiger partial charge in [0.25, 0.3) is 5.91 Å². The summed E-state index contributed by atoms with van der Waals surface area (Å²) < 4.78 is 7.87. The molecule has 2 aromatic heterocycles. The molecule has 130 valence electrons. The van der Waals surface area contributed by atoms with Crippen LogP contribution in [0.2, 0.25) is 0 Å². The van der Waals surface area contributed by atoms with Crippen molar-refractivity contribution in [2.75, 3.05) is 6.61 Å². The highest BCUT2D eigenvalue weighted by molar-refractivity contribution is 7.16. The Bertz CT molecular complexity index is 997. The van der Waals surface area contributed by atoms with Gasteiger partial charge in [-0.3, -0.25) is 9.59 Å². The molecule has 7 heteroatoms. The van der Waals surface area contributed by atoms with Gasteiger partial charge in [0, 0.05) is 0 Å². The van der Waals surface area contributed by atoms with Crippen LogP contribution in [-0.4, -0.2) is 23.1 Å². The van der Waals surface area contributed by atoms with Gasteiger partial charge in [-0.15, -0.1) is 11.3 Å². The second kappa shape index (κ2) is 7.33. The molecule has 0 bridgehead atoms. The number of nitrogens with zero attached hydrogens (tertiary/aromatic N) is 2. The lowest BCUT2D eigenvalue weighted by Crippen LogP contribution is -2.23. The fourth-order valence-electron chi connectivity index (χ4n) is 2.63. The SMILES string of the molecule is CCOC(=O)Cn1c(=NC(=O)c2cccs2)sc2c(C)cc(C)cc21. The molecule has 1 aromatic carbocycles. The first-order valence-corrected chi connectivity index (χ1v) is 9.58. The van der Waals surface area contributed by atoms with Crippen LogP contribution in [0.5, 0.6) is 0 Å². The number of aromatic nitrogens is 1. The first-order valence-electron chi connectivity index (χ1n) is 7.88. The third-order valence-electron chi connectivity index (χ3n) is 3.64. The first-order chi connectivity index (χ1) is 12.0. The topological polar surface area (TPSA) is 60.7 Å². The minimum absolute atomic E-state index is 0.0350. The molecule has 0 aliphatic carbocycles. The van der Waals surface area contributed by atoms with Crippen LogP contribution in [0.25, 0.3) is 10.2 Å². The van der Waals surface area contributed by atoms with E-state index in [0.29, 0.717) is 16.3 Å². The number of carbonyl (C=O) groups is 2. The van der Waals surface area contributed by atoms with E-state index >= 15 is 0 Å². The molecule has 0 aliphatic rings. The Morgan fingerprint density at radius 1 is 1.28 bits per heavy atom. The van der Waals surface area contributed by atoms with Crippen molar-refractivity contribution >= 4 is 44.8 Å². The van der Waals surface area contributed by atoms with Crippen LogP contribution in [0.4, 0.5) is 0 Å². The molecular formula is C18H18N2O3S2. The van der Waals surface area contributed by atoms with Crippen LogP contribution in [0.3, 0.4) is 0 Å². The van der Waals surface area contributed by atoms with Crippen molar-refractivity contribution in [1.29, 1.82) is 0 Å². The second-order valence-electron chi connectivity index (χ2n) is 5.60. The smallest absolute Gasteiger partial charge is 0.326 e. The molecule has 0 radical (unpaired) electrons. The Kier molecular flexibility index (Phi) is 5.15. The summed E-state index contributed by atoms with van der Waals surface area (Å²) in [7, 11) is 0. The van der Waals surface area contributed by atoms with E-state index in [1.54, 1.807) is 17.6 Å². The molecule has 0 atom stereocenters. The van der Waals surface area contributed by atoms with E-state index in [1.165, 1.54) is 22.7 Å². The van der Waals surface area contributed by atoms with Crippen molar-refractivity contribution in [2.45, 2.75) is 27.3 Å². The van der Waals surface area contributed by atoms with Crippen LogP contribution in [0.1, 0.15) is 27.7 Å². The lowest BCUT2D eigenvalue weighted by Gasteiger charge is -2.06. The lowest BCUT2D eigenvalue weighted by atomic mass is 10.1. The van der Waals surface area contributed by atoms with Gasteiger partial charge in [-0.25, -0.2) is 0 Å². The van der Waals surface area contributed by atoms with E-state index in [1.807, 2.05) is 31.4 Å². The molecule has 2 heterocycles. The number of thiophene rings is 1. The molecule has 3 aromatic rings. The largest absolute Gasteiger partial charge is 0.465 e. The Labute approximate surface area is 153 Å². The van der Waals surface area contributed by atoms with Crippen molar-refractivity contribution in [3.63, 3.8) is 0 Å². The van der Waals surface area contributed by atoms with Gasteiger partial charge in [0.1, 0.15) is 6.54 Å². The van der Waals surface area contributed by atoms with Gasteiger partial charge in [0.2, 0.25) is 0 Å². The van der Waals surface area contributed by atoms with E-state index in [0.717, 1.165) is 21.3 Å². The van der Waals surface area contributed by atoms with Crippen LogP contribution in [-0.2, 0) is 16.1 Å². The number of rotatable bonds is 4. The number of fused-ring (bicyclic) bond motifs is 1. The number of benzene rings is 1. The maximum atomic E-state index is 12.4. The number of thiazole rings is 1. The number of esters is 1. The van der Waals surface area contributed by atoms with Gasteiger partial charge >= 0.3 is 5.97 Å². The Balaban J connectivity index is 2.17. The third-order valence-corrected chi connectivity index (χ3v) is 5.72. The van der Waals surface area contributed by atoms with Crippen molar-refractivity contribution in [2.24, 2.45) is 4.99 Å². The molecule has 0 aliphatic heterocycles. The molecule has 0 spiro atoms. The molecule has 3 rings (SSSR count). The zero-order valence-electron chi connectivity index (χ0n) is 14.2. The summed E-state index contributed by atoms with van der Waals surface area (Å²) in [5.41, 5.74) is 3.09. The quantitative estimate of drug-likeness (QED) is 0.655. The fraction of sp³-hybridized carbons (Fsp3) is 0.278. The zero-order valence-corrected chi connectivity index (χ0v) is 15.9. The van der Waals surface area contributed by atoms with Gasteiger partial charge in [0.05, 0.1) is 21.7 Å². The summed E-state index contributed by atoms with van der Waals surface area (Å²) in [5, 5.41) is 1.84. The van der Waals surface area contributed by atoms with Gasteiger partial charge in [-0.05, 0) is 49.4 Å².